The van der Waals surface area contributed by atoms with Gasteiger partial charge in [0, 0.05) is 17.9 Å². The Kier molecular flexibility index (Phi) is 3.17. The minimum atomic E-state index is -0.0201. The molecular formula is C14H18N4O2. The number of hydrogen-bond acceptors (Lipinski definition) is 4. The molecule has 1 aliphatic rings. The van der Waals surface area contributed by atoms with Crippen LogP contribution in [0.1, 0.15) is 28.7 Å². The lowest BCUT2D eigenvalue weighted by Gasteiger charge is -2.33. The Morgan fingerprint density at radius 2 is 2.25 bits per heavy atom. The van der Waals surface area contributed by atoms with Crippen molar-refractivity contribution in [3.8, 4) is 0 Å². The number of aromatic nitrogens is 3. The van der Waals surface area contributed by atoms with E-state index in [-0.39, 0.29) is 11.9 Å². The molecule has 0 N–H and O–H groups in total. The van der Waals surface area contributed by atoms with E-state index >= 15 is 0 Å². The second kappa shape index (κ2) is 4.86. The topological polar surface area (TPSA) is 59.7 Å². The van der Waals surface area contributed by atoms with Crippen molar-refractivity contribution in [3.05, 3.63) is 29.2 Å². The maximum atomic E-state index is 12.7. The first kappa shape index (κ1) is 13.1. The van der Waals surface area contributed by atoms with Crippen LogP contribution in [0.3, 0.4) is 0 Å². The van der Waals surface area contributed by atoms with E-state index in [0.29, 0.717) is 31.0 Å². The van der Waals surface area contributed by atoms with Crippen LogP contribution in [-0.4, -0.2) is 51.2 Å². The van der Waals surface area contributed by atoms with Crippen LogP contribution in [0, 0.1) is 13.8 Å². The molecule has 1 amide bonds. The molecule has 0 radical (unpaired) electrons. The fraction of sp³-hybridized carbons (Fsp3) is 0.500. The summed E-state index contributed by atoms with van der Waals surface area (Å²) in [6.07, 6.45) is 1.61. The van der Waals surface area contributed by atoms with Crippen molar-refractivity contribution in [2.24, 2.45) is 0 Å². The monoisotopic (exact) mass is 274 g/mol. The van der Waals surface area contributed by atoms with Gasteiger partial charge in [0.25, 0.3) is 5.91 Å². The number of carbonyl (C=O) groups is 1. The molecule has 0 saturated carbocycles. The summed E-state index contributed by atoms with van der Waals surface area (Å²) < 4.78 is 7.09. The van der Waals surface area contributed by atoms with Crippen LogP contribution in [0.4, 0.5) is 0 Å². The lowest BCUT2D eigenvalue weighted by molar-refractivity contribution is 0.00369. The summed E-state index contributed by atoms with van der Waals surface area (Å²) in [4.78, 5) is 19.0. The molecule has 0 unspecified atom stereocenters. The number of fused-ring (bicyclic) bond motifs is 1. The van der Waals surface area contributed by atoms with E-state index in [1.807, 2.05) is 31.7 Å². The minimum absolute atomic E-state index is 0.0201. The van der Waals surface area contributed by atoms with Crippen LogP contribution >= 0.6 is 0 Å². The Balaban J connectivity index is 2.03. The Bertz CT molecular complexity index is 664. The zero-order chi connectivity index (χ0) is 14.3. The molecule has 1 saturated heterocycles. The zero-order valence-electron chi connectivity index (χ0n) is 12.0. The Morgan fingerprint density at radius 3 is 3.00 bits per heavy atom. The molecule has 0 aliphatic carbocycles. The molecule has 0 bridgehead atoms. The highest BCUT2D eigenvalue weighted by molar-refractivity contribution is 5.99. The second-order valence-electron chi connectivity index (χ2n) is 5.26. The molecule has 1 atom stereocenters. The summed E-state index contributed by atoms with van der Waals surface area (Å²) in [5.74, 6) is -0.0201. The molecule has 1 aliphatic heterocycles. The van der Waals surface area contributed by atoms with Crippen molar-refractivity contribution >= 4 is 11.6 Å². The van der Waals surface area contributed by atoms with E-state index in [9.17, 15) is 4.79 Å². The summed E-state index contributed by atoms with van der Waals surface area (Å²) in [5.41, 5.74) is 3.05. The normalized spacial score (nSPS) is 19.6. The van der Waals surface area contributed by atoms with Gasteiger partial charge in [0.05, 0.1) is 25.5 Å². The molecular weight excluding hydrogens is 256 g/mol. The van der Waals surface area contributed by atoms with Gasteiger partial charge in [0.2, 0.25) is 0 Å². The molecule has 20 heavy (non-hydrogen) atoms. The van der Waals surface area contributed by atoms with Crippen molar-refractivity contribution in [1.82, 2.24) is 19.5 Å². The number of carbonyl (C=O) groups excluding carboxylic acids is 1. The highest BCUT2D eigenvalue weighted by Gasteiger charge is 2.27. The van der Waals surface area contributed by atoms with Crippen molar-refractivity contribution in [3.63, 3.8) is 0 Å². The van der Waals surface area contributed by atoms with E-state index in [2.05, 4.69) is 10.1 Å². The highest BCUT2D eigenvalue weighted by atomic mass is 16.5. The molecule has 2 aromatic heterocycles. The first-order chi connectivity index (χ1) is 9.58. The third-order valence-corrected chi connectivity index (χ3v) is 3.64. The number of hydrogen-bond donors (Lipinski definition) is 0. The van der Waals surface area contributed by atoms with Crippen molar-refractivity contribution in [2.45, 2.75) is 26.8 Å². The minimum Gasteiger partial charge on any atom is -0.377 e. The average molecular weight is 274 g/mol. The van der Waals surface area contributed by atoms with E-state index in [0.717, 1.165) is 11.4 Å². The molecule has 1 fully saturated rings. The van der Waals surface area contributed by atoms with Crippen LogP contribution in [-0.2, 0) is 4.74 Å². The standard InChI is InChI=1S/C14H18N4O2/c1-9-6-10(2)18-13(16-9)12(7-15-18)14(19)17-4-5-20-8-11(17)3/h6-7,11H,4-5,8H2,1-3H3/t11-/m1/s1. The second-order valence-corrected chi connectivity index (χ2v) is 5.26. The van der Waals surface area contributed by atoms with Gasteiger partial charge < -0.3 is 9.64 Å². The molecule has 3 heterocycles. The number of nitrogens with zero attached hydrogens (tertiary/aromatic N) is 4. The van der Waals surface area contributed by atoms with Crippen LogP contribution < -0.4 is 0 Å². The lowest BCUT2D eigenvalue weighted by atomic mass is 10.2. The first-order valence-corrected chi connectivity index (χ1v) is 6.78. The predicted octanol–water partition coefficient (Wildman–Crippen LogP) is 1.21. The fourth-order valence-corrected chi connectivity index (χ4v) is 2.60. The molecule has 2 aromatic rings. The lowest BCUT2D eigenvalue weighted by Crippen LogP contribution is -2.47. The number of aryl methyl sites for hydroxylation is 2. The molecule has 0 aromatic carbocycles. The SMILES string of the molecule is Cc1cc(C)n2ncc(C(=O)N3CCOC[C@H]3C)c2n1. The van der Waals surface area contributed by atoms with E-state index in [1.165, 1.54) is 0 Å². The summed E-state index contributed by atoms with van der Waals surface area (Å²) in [6, 6.07) is 2.03. The summed E-state index contributed by atoms with van der Waals surface area (Å²) in [5, 5.41) is 4.28. The van der Waals surface area contributed by atoms with Gasteiger partial charge in [0.15, 0.2) is 5.65 Å². The first-order valence-electron chi connectivity index (χ1n) is 6.78. The van der Waals surface area contributed by atoms with Crippen molar-refractivity contribution in [2.75, 3.05) is 19.8 Å². The van der Waals surface area contributed by atoms with Gasteiger partial charge in [-0.2, -0.15) is 5.10 Å². The third kappa shape index (κ3) is 2.06. The van der Waals surface area contributed by atoms with Crippen molar-refractivity contribution in [1.29, 1.82) is 0 Å². The van der Waals surface area contributed by atoms with Gasteiger partial charge in [0.1, 0.15) is 5.56 Å². The number of amides is 1. The number of ether oxygens (including phenoxy) is 1. The maximum Gasteiger partial charge on any atom is 0.259 e. The van der Waals surface area contributed by atoms with Gasteiger partial charge in [-0.1, -0.05) is 0 Å². The van der Waals surface area contributed by atoms with E-state index < -0.39 is 0 Å². The largest absolute Gasteiger partial charge is 0.377 e. The number of morpholine rings is 1. The Labute approximate surface area is 117 Å². The van der Waals surface area contributed by atoms with Gasteiger partial charge in [-0.05, 0) is 26.8 Å². The van der Waals surface area contributed by atoms with Crippen LogP contribution in [0.15, 0.2) is 12.3 Å². The van der Waals surface area contributed by atoms with E-state index in [4.69, 9.17) is 4.74 Å². The van der Waals surface area contributed by atoms with Crippen LogP contribution in [0.25, 0.3) is 5.65 Å². The predicted molar refractivity (Wildman–Crippen MR) is 73.8 cm³/mol. The van der Waals surface area contributed by atoms with E-state index in [1.54, 1.807) is 10.7 Å². The quantitative estimate of drug-likeness (QED) is 0.784. The Morgan fingerprint density at radius 1 is 1.45 bits per heavy atom. The van der Waals surface area contributed by atoms with Gasteiger partial charge in [-0.25, -0.2) is 9.50 Å². The van der Waals surface area contributed by atoms with Gasteiger partial charge in [-0.15, -0.1) is 0 Å². The molecule has 6 heteroatoms. The zero-order valence-corrected chi connectivity index (χ0v) is 12.0. The molecule has 3 rings (SSSR count). The van der Waals surface area contributed by atoms with Crippen LogP contribution in [0.2, 0.25) is 0 Å². The van der Waals surface area contributed by atoms with Gasteiger partial charge in [-0.3, -0.25) is 4.79 Å². The molecule has 6 nitrogen and oxygen atoms in total. The van der Waals surface area contributed by atoms with Crippen molar-refractivity contribution < 1.29 is 9.53 Å². The van der Waals surface area contributed by atoms with Crippen LogP contribution in [0.5, 0.6) is 0 Å². The van der Waals surface area contributed by atoms with Gasteiger partial charge >= 0.3 is 0 Å². The summed E-state index contributed by atoms with van der Waals surface area (Å²) in [6.45, 7) is 7.65. The fourth-order valence-electron chi connectivity index (χ4n) is 2.60. The summed E-state index contributed by atoms with van der Waals surface area (Å²) in [7, 11) is 0. The number of rotatable bonds is 1. The smallest absolute Gasteiger partial charge is 0.259 e. The third-order valence-electron chi connectivity index (χ3n) is 3.64. The Hall–Kier alpha value is -1.95. The highest BCUT2D eigenvalue weighted by Crippen LogP contribution is 2.17. The molecule has 106 valence electrons. The molecule has 0 spiro atoms. The summed E-state index contributed by atoms with van der Waals surface area (Å²) >= 11 is 0. The average Bonchev–Trinajstić information content (AvgIpc) is 2.82. The maximum absolute atomic E-state index is 12.7.